The smallest absolute Gasteiger partial charge is 0.310 e. The fourth-order valence-corrected chi connectivity index (χ4v) is 8.82. The van der Waals surface area contributed by atoms with E-state index in [-0.39, 0.29) is 54.5 Å². The number of halogens is 1. The highest BCUT2D eigenvalue weighted by atomic mass is 35.5. The van der Waals surface area contributed by atoms with Crippen LogP contribution in [0.3, 0.4) is 0 Å². The first kappa shape index (κ1) is 29.5. The Kier molecular flexibility index (Phi) is 8.14. The van der Waals surface area contributed by atoms with Crippen molar-refractivity contribution < 1.29 is 27.2 Å². The predicted molar refractivity (Wildman–Crippen MR) is 153 cm³/mol. The molecule has 220 valence electrons. The highest BCUT2D eigenvalue weighted by Gasteiger charge is 2.41. The van der Waals surface area contributed by atoms with E-state index < -0.39 is 27.9 Å². The summed E-state index contributed by atoms with van der Waals surface area (Å²) in [7, 11) is -0.938. The predicted octanol–water partition coefficient (Wildman–Crippen LogP) is 1.60. The maximum atomic E-state index is 14.0. The van der Waals surface area contributed by atoms with Crippen molar-refractivity contribution in [3.05, 3.63) is 46.1 Å². The minimum atomic E-state index is -4.13. The maximum absolute atomic E-state index is 14.0. The first-order valence-electron chi connectivity index (χ1n) is 13.1. The van der Waals surface area contributed by atoms with Crippen LogP contribution in [0.1, 0.15) is 41.0 Å². The fraction of sp³-hybridized carbons (Fsp3) is 0.462. The fourth-order valence-electron chi connectivity index (χ4n) is 5.16. The molecule has 1 aromatic carbocycles. The third-order valence-electron chi connectivity index (χ3n) is 7.33. The molecule has 1 fully saturated rings. The molecule has 3 aromatic rings. The van der Waals surface area contributed by atoms with Gasteiger partial charge in [0.15, 0.2) is 0 Å². The Morgan fingerprint density at radius 1 is 1.27 bits per heavy atom. The number of hydrogen-bond donors (Lipinski definition) is 2. The van der Waals surface area contributed by atoms with Gasteiger partial charge in [-0.25, -0.2) is 13.4 Å². The number of primary amides is 1. The number of sulfonamides is 1. The van der Waals surface area contributed by atoms with Crippen LogP contribution < -0.4 is 11.1 Å². The molecule has 2 aromatic heterocycles. The lowest BCUT2D eigenvalue weighted by molar-refractivity contribution is -0.130. The highest BCUT2D eigenvalue weighted by molar-refractivity contribution is 7.91. The van der Waals surface area contributed by atoms with Gasteiger partial charge in [-0.3, -0.25) is 14.4 Å². The number of rotatable bonds is 7. The second-order valence-electron chi connectivity index (χ2n) is 10.5. The van der Waals surface area contributed by atoms with Gasteiger partial charge < -0.3 is 25.3 Å². The van der Waals surface area contributed by atoms with Gasteiger partial charge in [0.05, 0.1) is 24.7 Å². The van der Waals surface area contributed by atoms with Crippen LogP contribution in [0.5, 0.6) is 0 Å². The number of carbonyl (C=O) groups is 3. The van der Waals surface area contributed by atoms with Crippen molar-refractivity contribution in [1.82, 2.24) is 24.4 Å². The summed E-state index contributed by atoms with van der Waals surface area (Å²) in [5.41, 5.74) is 6.50. The SMILES string of the molecule is CC1Cc2nc(C(=O)N3CCN(S(=O)(=O)c4sc5cc(Cl)ccc5c4CC(N)=O)CC3CC(=O)N(C)C)oc2CN1. The third-order valence-corrected chi connectivity index (χ3v) is 11.2. The molecule has 0 spiro atoms. The van der Waals surface area contributed by atoms with E-state index in [2.05, 4.69) is 10.3 Å². The van der Waals surface area contributed by atoms with Gasteiger partial charge in [-0.2, -0.15) is 4.31 Å². The quantitative estimate of drug-likeness (QED) is 0.402. The minimum absolute atomic E-state index is 0.00646. The zero-order valence-electron chi connectivity index (χ0n) is 22.8. The summed E-state index contributed by atoms with van der Waals surface area (Å²) in [6.45, 7) is 2.34. The lowest BCUT2D eigenvalue weighted by Gasteiger charge is -2.40. The van der Waals surface area contributed by atoms with Crippen molar-refractivity contribution in [2.45, 2.75) is 49.0 Å². The van der Waals surface area contributed by atoms with Crippen molar-refractivity contribution >= 4 is 60.8 Å². The summed E-state index contributed by atoms with van der Waals surface area (Å²) in [5.74, 6) is -0.899. The number of thiophene rings is 1. The number of benzene rings is 1. The standard InChI is InChI=1S/C26H31ClN6O6S2/c1-14-8-19-20(12-29-14)39-24(30-19)25(36)33-7-6-32(13-16(33)10-23(35)31(2)3)41(37,38)26-18(11-22(28)34)17-5-4-15(27)9-21(17)40-26/h4-5,9,14,16,29H,6-8,10-13H2,1-3H3,(H2,28,34). The summed E-state index contributed by atoms with van der Waals surface area (Å²) in [6.07, 6.45) is 0.258. The molecular weight excluding hydrogens is 592 g/mol. The summed E-state index contributed by atoms with van der Waals surface area (Å²) >= 11 is 7.16. The lowest BCUT2D eigenvalue weighted by Crippen LogP contribution is -2.57. The topological polar surface area (TPSA) is 159 Å². The molecule has 2 aliphatic rings. The Labute approximate surface area is 246 Å². The molecule has 41 heavy (non-hydrogen) atoms. The van der Waals surface area contributed by atoms with E-state index in [0.717, 1.165) is 11.3 Å². The number of piperazine rings is 1. The van der Waals surface area contributed by atoms with Crippen LogP contribution in [0, 0.1) is 0 Å². The summed E-state index contributed by atoms with van der Waals surface area (Å²) in [5, 5.41) is 4.28. The number of amides is 3. The largest absolute Gasteiger partial charge is 0.436 e. The van der Waals surface area contributed by atoms with E-state index in [1.54, 1.807) is 32.3 Å². The van der Waals surface area contributed by atoms with Crippen molar-refractivity contribution in [3.63, 3.8) is 0 Å². The summed E-state index contributed by atoms with van der Waals surface area (Å²) in [6, 6.07) is 4.37. The van der Waals surface area contributed by atoms with Crippen LogP contribution in [-0.4, -0.2) is 91.0 Å². The number of carbonyl (C=O) groups excluding carboxylic acids is 3. The minimum Gasteiger partial charge on any atom is -0.436 e. The van der Waals surface area contributed by atoms with Crippen molar-refractivity contribution in [1.29, 1.82) is 0 Å². The molecule has 1 saturated heterocycles. The average molecular weight is 623 g/mol. The molecule has 4 heterocycles. The van der Waals surface area contributed by atoms with E-state index in [1.165, 1.54) is 14.1 Å². The zero-order chi connectivity index (χ0) is 29.6. The number of nitrogens with one attached hydrogen (secondary N) is 1. The molecule has 5 rings (SSSR count). The number of aromatic nitrogens is 1. The van der Waals surface area contributed by atoms with E-state index in [4.69, 9.17) is 21.8 Å². The number of fused-ring (bicyclic) bond motifs is 2. The van der Waals surface area contributed by atoms with E-state index in [9.17, 15) is 22.8 Å². The zero-order valence-corrected chi connectivity index (χ0v) is 25.2. The molecule has 0 bridgehead atoms. The number of nitrogens with zero attached hydrogens (tertiary/aromatic N) is 4. The third kappa shape index (κ3) is 5.84. The first-order valence-corrected chi connectivity index (χ1v) is 15.7. The number of hydrogen-bond acceptors (Lipinski definition) is 9. The Balaban J connectivity index is 1.47. The van der Waals surface area contributed by atoms with Crippen LogP contribution >= 0.6 is 22.9 Å². The van der Waals surface area contributed by atoms with Crippen molar-refractivity contribution in [2.24, 2.45) is 5.73 Å². The first-order chi connectivity index (χ1) is 19.3. The van der Waals surface area contributed by atoms with Crippen LogP contribution in [0.4, 0.5) is 0 Å². The van der Waals surface area contributed by atoms with Crippen LogP contribution in [0.15, 0.2) is 26.8 Å². The molecule has 0 aliphatic carbocycles. The van der Waals surface area contributed by atoms with Gasteiger partial charge in [-0.05, 0) is 24.4 Å². The maximum Gasteiger partial charge on any atom is 0.310 e. The van der Waals surface area contributed by atoms with E-state index in [0.29, 0.717) is 45.1 Å². The van der Waals surface area contributed by atoms with Gasteiger partial charge in [-0.1, -0.05) is 17.7 Å². The molecule has 2 atom stereocenters. The molecule has 2 unspecified atom stereocenters. The number of oxazole rings is 1. The monoisotopic (exact) mass is 622 g/mol. The van der Waals surface area contributed by atoms with E-state index in [1.807, 2.05) is 6.92 Å². The molecule has 0 saturated carbocycles. The van der Waals surface area contributed by atoms with E-state index >= 15 is 0 Å². The lowest BCUT2D eigenvalue weighted by atomic mass is 10.1. The van der Waals surface area contributed by atoms with Gasteiger partial charge >= 0.3 is 5.91 Å². The molecular formula is C26H31ClN6O6S2. The normalized spacial score (nSPS) is 19.8. The Morgan fingerprint density at radius 2 is 2.02 bits per heavy atom. The second kappa shape index (κ2) is 11.3. The van der Waals surface area contributed by atoms with Crippen LogP contribution in [0.2, 0.25) is 5.02 Å². The molecule has 15 heteroatoms. The van der Waals surface area contributed by atoms with Gasteiger partial charge in [0, 0.05) is 67.9 Å². The molecule has 12 nitrogen and oxygen atoms in total. The Morgan fingerprint density at radius 3 is 2.73 bits per heavy atom. The Hall–Kier alpha value is -3.04. The number of nitrogens with two attached hydrogens (primary N) is 1. The van der Waals surface area contributed by atoms with Gasteiger partial charge in [0.1, 0.15) is 9.97 Å². The molecule has 3 N–H and O–H groups in total. The van der Waals surface area contributed by atoms with Crippen LogP contribution in [0.25, 0.3) is 10.1 Å². The molecule has 0 radical (unpaired) electrons. The van der Waals surface area contributed by atoms with Gasteiger partial charge in [0.25, 0.3) is 15.9 Å². The molecule has 2 aliphatic heterocycles. The van der Waals surface area contributed by atoms with Gasteiger partial charge in [0.2, 0.25) is 11.8 Å². The summed E-state index contributed by atoms with van der Waals surface area (Å²) in [4.78, 5) is 45.6. The Bertz CT molecular complexity index is 1630. The second-order valence-corrected chi connectivity index (χ2v) is 14.2. The average Bonchev–Trinajstić information content (AvgIpc) is 3.49. The van der Waals surface area contributed by atoms with Gasteiger partial charge in [-0.15, -0.1) is 11.3 Å². The van der Waals surface area contributed by atoms with Crippen LogP contribution in [-0.2, 0) is 39.0 Å². The summed E-state index contributed by atoms with van der Waals surface area (Å²) < 4.78 is 35.7. The van der Waals surface area contributed by atoms with Crippen molar-refractivity contribution in [3.8, 4) is 0 Å². The molecule has 3 amide bonds. The highest BCUT2D eigenvalue weighted by Crippen LogP contribution is 2.38. The van der Waals surface area contributed by atoms with Crippen molar-refractivity contribution in [2.75, 3.05) is 33.7 Å².